The molecule has 1 fully saturated rings. The second kappa shape index (κ2) is 9.80. The highest BCUT2D eigenvalue weighted by Gasteiger charge is 2.37. The van der Waals surface area contributed by atoms with Crippen LogP contribution in [0.1, 0.15) is 68.3 Å². The number of halogens is 3. The summed E-state index contributed by atoms with van der Waals surface area (Å²) in [5.74, 6) is -0.248. The summed E-state index contributed by atoms with van der Waals surface area (Å²) in [7, 11) is 3.09. The van der Waals surface area contributed by atoms with Crippen molar-refractivity contribution < 1.29 is 37.0 Å². The molecule has 158 valence electrons. The molecule has 0 aromatic heterocycles. The lowest BCUT2D eigenvalue weighted by Crippen LogP contribution is -2.18. The number of ether oxygens (including phenoxy) is 3. The first-order valence-corrected chi connectivity index (χ1v) is 9.00. The van der Waals surface area contributed by atoms with Gasteiger partial charge < -0.3 is 14.2 Å². The Morgan fingerprint density at radius 2 is 1.86 bits per heavy atom. The minimum Gasteiger partial charge on any atom is -0.496 e. The van der Waals surface area contributed by atoms with Crippen LogP contribution < -0.4 is 4.74 Å². The molecule has 1 atom stereocenters. The summed E-state index contributed by atoms with van der Waals surface area (Å²) in [6.07, 6.45) is -1.51. The van der Waals surface area contributed by atoms with Crippen LogP contribution in [-0.4, -0.2) is 32.5 Å². The number of carbonyl (C=O) groups excluding carboxylic acids is 2. The predicted molar refractivity (Wildman–Crippen MR) is 97.1 cm³/mol. The van der Waals surface area contributed by atoms with E-state index in [0.717, 1.165) is 17.7 Å². The van der Waals surface area contributed by atoms with Crippen LogP contribution in [0.5, 0.6) is 5.75 Å². The van der Waals surface area contributed by atoms with E-state index in [9.17, 15) is 22.8 Å². The monoisotopic (exact) mass is 404 g/mol. The standard InChI is InChI=1S/C16H22O3.C4H5F3O2/c1-16(2)9-5-6-13(16)12-10-11(15(17)19-4)7-8-14(12)18-3;1-2-3(8)9-4(5,6)7/h7-8,10,13H,5-6,9H2,1-4H3;2H2,1H3. The van der Waals surface area contributed by atoms with Crippen molar-refractivity contribution in [2.24, 2.45) is 5.41 Å². The van der Waals surface area contributed by atoms with Gasteiger partial charge in [0, 0.05) is 6.42 Å². The number of rotatable bonds is 4. The zero-order valence-corrected chi connectivity index (χ0v) is 16.8. The maximum Gasteiger partial charge on any atom is 0.575 e. The van der Waals surface area contributed by atoms with Crippen LogP contribution in [0.15, 0.2) is 18.2 Å². The summed E-state index contributed by atoms with van der Waals surface area (Å²) in [5.41, 5.74) is 1.98. The van der Waals surface area contributed by atoms with Crippen molar-refractivity contribution in [1.29, 1.82) is 0 Å². The van der Waals surface area contributed by atoms with Gasteiger partial charge in [0.1, 0.15) is 5.75 Å². The Labute approximate surface area is 163 Å². The smallest absolute Gasteiger partial charge is 0.496 e. The molecule has 0 heterocycles. The number of alkyl halides is 3. The molecule has 0 aliphatic heterocycles. The lowest BCUT2D eigenvalue weighted by atomic mass is 9.77. The van der Waals surface area contributed by atoms with Crippen molar-refractivity contribution in [2.45, 2.75) is 58.7 Å². The summed E-state index contributed by atoms with van der Waals surface area (Å²) in [6.45, 7) is 5.86. The lowest BCUT2D eigenvalue weighted by Gasteiger charge is -2.28. The quantitative estimate of drug-likeness (QED) is 0.643. The van der Waals surface area contributed by atoms with Gasteiger partial charge in [-0.15, -0.1) is 13.2 Å². The SMILES string of the molecule is CCC(=O)OC(F)(F)F.COC(=O)c1ccc(OC)c(C2CCCC2(C)C)c1. The van der Waals surface area contributed by atoms with Gasteiger partial charge in [0.25, 0.3) is 0 Å². The van der Waals surface area contributed by atoms with Crippen LogP contribution >= 0.6 is 0 Å². The van der Waals surface area contributed by atoms with Crippen LogP contribution in [0, 0.1) is 5.41 Å². The van der Waals surface area contributed by atoms with Crippen molar-refractivity contribution in [1.82, 2.24) is 0 Å². The zero-order valence-electron chi connectivity index (χ0n) is 16.8. The Kier molecular flexibility index (Phi) is 8.32. The molecule has 1 saturated carbocycles. The Hall–Kier alpha value is -2.25. The van der Waals surface area contributed by atoms with Crippen molar-refractivity contribution in [3.8, 4) is 5.75 Å². The first kappa shape index (κ1) is 23.8. The van der Waals surface area contributed by atoms with Gasteiger partial charge in [0.05, 0.1) is 19.8 Å². The summed E-state index contributed by atoms with van der Waals surface area (Å²) >= 11 is 0. The van der Waals surface area contributed by atoms with E-state index in [1.54, 1.807) is 13.2 Å². The average molecular weight is 404 g/mol. The van der Waals surface area contributed by atoms with Gasteiger partial charge in [-0.2, -0.15) is 0 Å². The highest BCUT2D eigenvalue weighted by atomic mass is 19.4. The van der Waals surface area contributed by atoms with Crippen molar-refractivity contribution in [2.75, 3.05) is 14.2 Å². The molecule has 1 aliphatic rings. The van der Waals surface area contributed by atoms with Gasteiger partial charge in [-0.25, -0.2) is 4.79 Å². The lowest BCUT2D eigenvalue weighted by molar-refractivity contribution is -0.305. The second-order valence-corrected chi connectivity index (χ2v) is 7.16. The highest BCUT2D eigenvalue weighted by Crippen LogP contribution is 2.51. The molecule has 1 unspecified atom stereocenters. The molecule has 0 radical (unpaired) electrons. The Balaban J connectivity index is 0.000000370. The molecule has 5 nitrogen and oxygen atoms in total. The Bertz CT molecular complexity index is 683. The molecule has 0 N–H and O–H groups in total. The van der Waals surface area contributed by atoms with E-state index in [-0.39, 0.29) is 17.8 Å². The van der Waals surface area contributed by atoms with Crippen LogP contribution in [0.2, 0.25) is 0 Å². The average Bonchev–Trinajstić information content (AvgIpc) is 2.98. The third kappa shape index (κ3) is 6.73. The fourth-order valence-electron chi connectivity index (χ4n) is 3.36. The molecule has 8 heteroatoms. The van der Waals surface area contributed by atoms with Crippen molar-refractivity contribution >= 4 is 11.9 Å². The number of hydrogen-bond acceptors (Lipinski definition) is 5. The zero-order chi connectivity index (χ0) is 21.5. The van der Waals surface area contributed by atoms with Gasteiger partial charge in [0.15, 0.2) is 0 Å². The number of esters is 2. The van der Waals surface area contributed by atoms with Gasteiger partial charge in [-0.05, 0) is 47.9 Å². The van der Waals surface area contributed by atoms with Crippen molar-refractivity contribution in [3.05, 3.63) is 29.3 Å². The number of hydrogen-bond donors (Lipinski definition) is 0. The third-order valence-electron chi connectivity index (χ3n) is 4.80. The molecular weight excluding hydrogens is 377 g/mol. The molecule has 0 amide bonds. The van der Waals surface area contributed by atoms with Crippen LogP contribution in [0.25, 0.3) is 0 Å². The highest BCUT2D eigenvalue weighted by molar-refractivity contribution is 5.89. The molecule has 28 heavy (non-hydrogen) atoms. The maximum absolute atomic E-state index is 11.7. The molecule has 2 rings (SSSR count). The van der Waals surface area contributed by atoms with Crippen molar-refractivity contribution in [3.63, 3.8) is 0 Å². The minimum atomic E-state index is -4.83. The van der Waals surface area contributed by atoms with E-state index in [2.05, 4.69) is 18.6 Å². The van der Waals surface area contributed by atoms with E-state index >= 15 is 0 Å². The number of methoxy groups -OCH3 is 2. The number of benzene rings is 1. The minimum absolute atomic E-state index is 0.252. The predicted octanol–water partition coefficient (Wildman–Crippen LogP) is 5.23. The molecule has 0 bridgehead atoms. The largest absolute Gasteiger partial charge is 0.575 e. The molecule has 0 saturated heterocycles. The Morgan fingerprint density at radius 3 is 2.25 bits per heavy atom. The van der Waals surface area contributed by atoms with Gasteiger partial charge in [-0.3, -0.25) is 4.79 Å². The topological polar surface area (TPSA) is 61.8 Å². The molecular formula is C20H27F3O5. The van der Waals surface area contributed by atoms with Crippen LogP contribution in [0.4, 0.5) is 13.2 Å². The van der Waals surface area contributed by atoms with E-state index in [1.165, 1.54) is 26.9 Å². The van der Waals surface area contributed by atoms with Crippen LogP contribution in [-0.2, 0) is 14.3 Å². The summed E-state index contributed by atoms with van der Waals surface area (Å²) in [4.78, 5) is 21.6. The van der Waals surface area contributed by atoms with Crippen LogP contribution in [0.3, 0.4) is 0 Å². The normalized spacial score (nSPS) is 17.9. The summed E-state index contributed by atoms with van der Waals surface area (Å²) in [5, 5.41) is 0. The second-order valence-electron chi connectivity index (χ2n) is 7.16. The van der Waals surface area contributed by atoms with Gasteiger partial charge in [-0.1, -0.05) is 27.2 Å². The van der Waals surface area contributed by atoms with E-state index < -0.39 is 12.3 Å². The number of carbonyl (C=O) groups is 2. The fourth-order valence-corrected chi connectivity index (χ4v) is 3.36. The molecule has 1 aromatic rings. The Morgan fingerprint density at radius 1 is 1.21 bits per heavy atom. The molecule has 1 aliphatic carbocycles. The van der Waals surface area contributed by atoms with E-state index in [4.69, 9.17) is 9.47 Å². The van der Waals surface area contributed by atoms with E-state index in [0.29, 0.717) is 11.5 Å². The third-order valence-corrected chi connectivity index (χ3v) is 4.80. The summed E-state index contributed by atoms with van der Waals surface area (Å²) < 4.78 is 46.4. The fraction of sp³-hybridized carbons (Fsp3) is 0.600. The first-order chi connectivity index (χ1) is 12.9. The van der Waals surface area contributed by atoms with E-state index in [1.807, 2.05) is 12.1 Å². The first-order valence-electron chi connectivity index (χ1n) is 9.00. The molecule has 0 spiro atoms. The van der Waals surface area contributed by atoms with Gasteiger partial charge in [0.2, 0.25) is 0 Å². The van der Waals surface area contributed by atoms with Gasteiger partial charge >= 0.3 is 18.3 Å². The maximum atomic E-state index is 11.7. The molecule has 1 aromatic carbocycles. The summed E-state index contributed by atoms with van der Waals surface area (Å²) in [6, 6.07) is 5.56.